The van der Waals surface area contributed by atoms with Gasteiger partial charge in [-0.2, -0.15) is 0 Å². The van der Waals surface area contributed by atoms with Crippen LogP contribution in [0.3, 0.4) is 0 Å². The summed E-state index contributed by atoms with van der Waals surface area (Å²) < 4.78 is 13.6. The van der Waals surface area contributed by atoms with Crippen molar-refractivity contribution in [3.05, 3.63) is 12.7 Å². The molecule has 190 valence electrons. The number of aliphatic carboxylic acids is 1. The molecule has 6 heteroatoms. The zero-order chi connectivity index (χ0) is 25.9. The predicted octanol–water partition coefficient (Wildman–Crippen LogP) is 8.12. The highest BCUT2D eigenvalue weighted by Crippen LogP contribution is 2.44. The van der Waals surface area contributed by atoms with Crippen molar-refractivity contribution in [2.24, 2.45) is 17.3 Å². The molecular formula is C26H54O4Si2. The maximum atomic E-state index is 11.8. The van der Waals surface area contributed by atoms with Crippen LogP contribution >= 0.6 is 0 Å². The van der Waals surface area contributed by atoms with E-state index in [4.69, 9.17) is 8.85 Å². The molecule has 0 heterocycles. The molecule has 0 amide bonds. The molecule has 0 saturated carbocycles. The van der Waals surface area contributed by atoms with Crippen molar-refractivity contribution in [2.75, 3.05) is 0 Å². The van der Waals surface area contributed by atoms with Crippen molar-refractivity contribution in [3.8, 4) is 0 Å². The number of carboxylic acids is 1. The average Bonchev–Trinajstić information content (AvgIpc) is 2.55. The van der Waals surface area contributed by atoms with Crippen LogP contribution in [0.5, 0.6) is 0 Å². The summed E-state index contributed by atoms with van der Waals surface area (Å²) >= 11 is 0. The Morgan fingerprint density at radius 3 is 1.66 bits per heavy atom. The molecule has 0 radical (unpaired) electrons. The predicted molar refractivity (Wildman–Crippen MR) is 143 cm³/mol. The van der Waals surface area contributed by atoms with Gasteiger partial charge in [0.25, 0.3) is 0 Å². The number of carbonyl (C=O) groups is 1. The van der Waals surface area contributed by atoms with Crippen LogP contribution in [-0.4, -0.2) is 39.9 Å². The smallest absolute Gasteiger partial charge is 0.305 e. The summed E-state index contributed by atoms with van der Waals surface area (Å²) in [7, 11) is -4.09. The topological polar surface area (TPSA) is 55.8 Å². The third kappa shape index (κ3) is 8.73. The Morgan fingerprint density at radius 1 is 0.906 bits per heavy atom. The molecule has 0 aromatic heterocycles. The SMILES string of the molecule is C=C[C@H](C)[C@@H](O[Si](C)(C)C(C)(C)C)[C@H](C)CC(C)(C)[C@H](CC(=O)O)O[Si](C)(C)C(C)(C)C. The molecule has 0 aliphatic heterocycles. The molecule has 0 bridgehead atoms. The molecule has 4 atom stereocenters. The van der Waals surface area contributed by atoms with Crippen LogP contribution in [0, 0.1) is 17.3 Å². The van der Waals surface area contributed by atoms with Crippen molar-refractivity contribution in [2.45, 2.75) is 131 Å². The summed E-state index contributed by atoms with van der Waals surface area (Å²) in [6, 6.07) is 0. The van der Waals surface area contributed by atoms with Gasteiger partial charge in [0, 0.05) is 0 Å². The number of hydrogen-bond donors (Lipinski definition) is 1. The van der Waals surface area contributed by atoms with Crippen LogP contribution in [0.1, 0.15) is 82.1 Å². The lowest BCUT2D eigenvalue weighted by Gasteiger charge is -2.47. The second-order valence-electron chi connectivity index (χ2n) is 13.6. The first kappa shape index (κ1) is 31.6. The lowest BCUT2D eigenvalue weighted by Crippen LogP contribution is -2.50. The molecule has 32 heavy (non-hydrogen) atoms. The van der Waals surface area contributed by atoms with E-state index >= 15 is 0 Å². The fourth-order valence-corrected chi connectivity index (χ4v) is 6.59. The van der Waals surface area contributed by atoms with Gasteiger partial charge < -0.3 is 14.0 Å². The largest absolute Gasteiger partial charge is 0.481 e. The Kier molecular flexibility index (Phi) is 10.7. The van der Waals surface area contributed by atoms with Crippen LogP contribution in [0.25, 0.3) is 0 Å². The molecule has 0 saturated heterocycles. The van der Waals surface area contributed by atoms with Gasteiger partial charge in [-0.25, -0.2) is 0 Å². The zero-order valence-corrected chi connectivity index (χ0v) is 25.7. The molecule has 0 fully saturated rings. The molecule has 0 aromatic carbocycles. The summed E-state index contributed by atoms with van der Waals surface area (Å²) in [5, 5.41) is 9.81. The van der Waals surface area contributed by atoms with Gasteiger partial charge in [-0.3, -0.25) is 4.79 Å². The van der Waals surface area contributed by atoms with Crippen LogP contribution in [0.2, 0.25) is 36.3 Å². The van der Waals surface area contributed by atoms with E-state index in [9.17, 15) is 9.90 Å². The fraction of sp³-hybridized carbons (Fsp3) is 0.885. The van der Waals surface area contributed by atoms with Gasteiger partial charge in [0.05, 0.1) is 18.6 Å². The lowest BCUT2D eigenvalue weighted by molar-refractivity contribution is -0.141. The highest BCUT2D eigenvalue weighted by molar-refractivity contribution is 6.74. The van der Waals surface area contributed by atoms with E-state index in [1.165, 1.54) is 0 Å². The van der Waals surface area contributed by atoms with E-state index in [0.717, 1.165) is 6.42 Å². The average molecular weight is 487 g/mol. The van der Waals surface area contributed by atoms with E-state index in [1.54, 1.807) is 0 Å². The van der Waals surface area contributed by atoms with E-state index in [2.05, 4.69) is 102 Å². The third-order valence-electron chi connectivity index (χ3n) is 8.01. The minimum Gasteiger partial charge on any atom is -0.481 e. The normalized spacial score (nSPS) is 18.1. The Morgan fingerprint density at radius 2 is 1.31 bits per heavy atom. The van der Waals surface area contributed by atoms with Crippen LogP contribution in [0.15, 0.2) is 12.7 Å². The maximum Gasteiger partial charge on any atom is 0.305 e. The molecule has 4 nitrogen and oxygen atoms in total. The van der Waals surface area contributed by atoms with Crippen molar-refractivity contribution >= 4 is 22.6 Å². The van der Waals surface area contributed by atoms with Crippen LogP contribution in [0.4, 0.5) is 0 Å². The molecule has 0 rings (SSSR count). The standard InChI is InChI=1S/C26H54O4Si2/c1-16-19(2)23(30-32(14,15)25(7,8)9)20(3)18-26(10,11)21(17-22(27)28)29-31(12,13)24(4,5)6/h16,19-21,23H,1,17-18H2,2-15H3,(H,27,28)/t19-,20+,21-,23+/m0/s1. The van der Waals surface area contributed by atoms with Crippen molar-refractivity contribution in [3.63, 3.8) is 0 Å². The highest BCUT2D eigenvalue weighted by Gasteiger charge is 2.46. The van der Waals surface area contributed by atoms with Gasteiger partial charge in [0.1, 0.15) is 0 Å². The molecule has 1 N–H and O–H groups in total. The van der Waals surface area contributed by atoms with E-state index < -0.39 is 22.6 Å². The Balaban J connectivity index is 5.93. The first-order chi connectivity index (χ1) is 14.0. The molecule has 0 aliphatic carbocycles. The minimum atomic E-state index is -2.12. The Labute approximate surface area is 201 Å². The molecule has 0 unspecified atom stereocenters. The molecular weight excluding hydrogens is 432 g/mol. The number of rotatable bonds is 12. The van der Waals surface area contributed by atoms with Crippen molar-refractivity contribution in [1.82, 2.24) is 0 Å². The second kappa shape index (κ2) is 10.9. The summed E-state index contributed by atoms with van der Waals surface area (Å²) in [6.45, 7) is 35.1. The molecule has 0 aromatic rings. The lowest BCUT2D eigenvalue weighted by atomic mass is 9.74. The van der Waals surface area contributed by atoms with E-state index in [-0.39, 0.29) is 46.0 Å². The summed E-state index contributed by atoms with van der Waals surface area (Å²) in [5.41, 5.74) is -0.302. The first-order valence-electron chi connectivity index (χ1n) is 12.2. The Bertz CT molecular complexity index is 627. The number of hydrogen-bond acceptors (Lipinski definition) is 3. The van der Waals surface area contributed by atoms with Crippen LogP contribution in [-0.2, 0) is 13.6 Å². The van der Waals surface area contributed by atoms with Gasteiger partial charge in [-0.15, -0.1) is 6.58 Å². The zero-order valence-electron chi connectivity index (χ0n) is 23.7. The van der Waals surface area contributed by atoms with Gasteiger partial charge in [-0.05, 0) is 59.9 Å². The van der Waals surface area contributed by atoms with Gasteiger partial charge in [0.2, 0.25) is 0 Å². The fourth-order valence-electron chi connectivity index (χ4n) is 3.64. The first-order valence-corrected chi connectivity index (χ1v) is 18.0. The van der Waals surface area contributed by atoms with E-state index in [1.807, 2.05) is 6.08 Å². The monoisotopic (exact) mass is 486 g/mol. The molecule has 0 aliphatic rings. The minimum absolute atomic E-state index is 0.0246. The van der Waals surface area contributed by atoms with Crippen LogP contribution < -0.4 is 0 Å². The summed E-state index contributed by atoms with van der Waals surface area (Å²) in [5.74, 6) is -0.344. The van der Waals surface area contributed by atoms with E-state index in [0.29, 0.717) is 0 Å². The Hall–Kier alpha value is -0.436. The highest BCUT2D eigenvalue weighted by atomic mass is 28.4. The maximum absolute atomic E-state index is 11.8. The van der Waals surface area contributed by atoms with Gasteiger partial charge in [-0.1, -0.05) is 75.3 Å². The summed E-state index contributed by atoms with van der Waals surface area (Å²) in [4.78, 5) is 11.8. The second-order valence-corrected chi connectivity index (χ2v) is 23.1. The quantitative estimate of drug-likeness (QED) is 0.223. The van der Waals surface area contributed by atoms with Crippen molar-refractivity contribution < 1.29 is 18.8 Å². The number of carboxylic acid groups (broad SMARTS) is 1. The third-order valence-corrected chi connectivity index (χ3v) is 17.0. The molecule has 0 spiro atoms. The van der Waals surface area contributed by atoms with Gasteiger partial charge >= 0.3 is 5.97 Å². The van der Waals surface area contributed by atoms with Gasteiger partial charge in [0.15, 0.2) is 16.6 Å². The van der Waals surface area contributed by atoms with Crippen molar-refractivity contribution in [1.29, 1.82) is 0 Å². The summed E-state index contributed by atoms with van der Waals surface area (Å²) in [6.07, 6.45) is 2.55.